The lowest BCUT2D eigenvalue weighted by Crippen LogP contribution is -2.30. The van der Waals surface area contributed by atoms with Gasteiger partial charge in [-0.2, -0.15) is 0 Å². The Morgan fingerprint density at radius 1 is 1.38 bits per heavy atom. The van der Waals surface area contributed by atoms with Gasteiger partial charge < -0.3 is 15.7 Å². The summed E-state index contributed by atoms with van der Waals surface area (Å²) in [5, 5.41) is 15.9. The van der Waals surface area contributed by atoms with Crippen LogP contribution in [0.25, 0.3) is 0 Å². The molecule has 3 N–H and O–H groups in total. The zero-order valence-electron chi connectivity index (χ0n) is 12.1. The van der Waals surface area contributed by atoms with Crippen LogP contribution in [0.4, 0.5) is 5.13 Å². The van der Waals surface area contributed by atoms with Crippen molar-refractivity contribution < 1.29 is 9.90 Å². The number of hydrogen-bond acceptors (Lipinski definition) is 5. The molecule has 112 valence electrons. The first-order valence-electron chi connectivity index (χ1n) is 6.82. The van der Waals surface area contributed by atoms with Gasteiger partial charge in [-0.25, -0.2) is 4.98 Å². The number of carbonyl (C=O) groups excluding carboxylic acids is 1. The molecule has 0 radical (unpaired) electrons. The number of aliphatic hydroxyl groups is 1. The zero-order valence-corrected chi connectivity index (χ0v) is 12.9. The number of nitrogens with zero attached hydrogens (tertiary/aromatic N) is 1. The Bertz CT molecular complexity index is 595. The molecule has 2 aromatic rings. The molecular formula is C15H19N3O2S. The van der Waals surface area contributed by atoms with E-state index >= 15 is 0 Å². The van der Waals surface area contributed by atoms with Gasteiger partial charge in [0, 0.05) is 7.05 Å². The number of hydrogen-bond donors (Lipinski definition) is 3. The van der Waals surface area contributed by atoms with Crippen LogP contribution in [0.15, 0.2) is 30.5 Å². The Hall–Kier alpha value is -1.92. The smallest absolute Gasteiger partial charge is 0.263 e. The molecule has 0 fully saturated rings. The van der Waals surface area contributed by atoms with E-state index in [0.29, 0.717) is 10.0 Å². The van der Waals surface area contributed by atoms with Crippen LogP contribution in [0.1, 0.15) is 33.8 Å². The minimum Gasteiger partial charge on any atom is -0.394 e. The summed E-state index contributed by atoms with van der Waals surface area (Å²) >= 11 is 1.28. The largest absolute Gasteiger partial charge is 0.394 e. The van der Waals surface area contributed by atoms with E-state index in [1.54, 1.807) is 7.05 Å². The van der Waals surface area contributed by atoms with E-state index in [0.717, 1.165) is 12.0 Å². The van der Waals surface area contributed by atoms with Crippen LogP contribution in [0, 0.1) is 0 Å². The Kier molecular flexibility index (Phi) is 5.30. The maximum absolute atomic E-state index is 12.2. The quantitative estimate of drug-likeness (QED) is 0.765. The molecule has 1 unspecified atom stereocenters. The van der Waals surface area contributed by atoms with E-state index in [4.69, 9.17) is 0 Å². The summed E-state index contributed by atoms with van der Waals surface area (Å²) in [6.07, 6.45) is 2.49. The highest BCUT2D eigenvalue weighted by Crippen LogP contribution is 2.19. The topological polar surface area (TPSA) is 74.2 Å². The first-order chi connectivity index (χ1) is 10.2. The summed E-state index contributed by atoms with van der Waals surface area (Å²) in [7, 11) is 1.76. The van der Waals surface area contributed by atoms with Crippen molar-refractivity contribution in [3.63, 3.8) is 0 Å². The highest BCUT2D eigenvalue weighted by molar-refractivity contribution is 7.17. The van der Waals surface area contributed by atoms with Gasteiger partial charge >= 0.3 is 0 Å². The van der Waals surface area contributed by atoms with Gasteiger partial charge in [0.25, 0.3) is 5.91 Å². The highest BCUT2D eigenvalue weighted by atomic mass is 32.1. The van der Waals surface area contributed by atoms with Crippen LogP contribution in [-0.4, -0.2) is 29.7 Å². The van der Waals surface area contributed by atoms with Crippen LogP contribution >= 0.6 is 11.3 Å². The van der Waals surface area contributed by atoms with Gasteiger partial charge in [-0.15, -0.1) is 0 Å². The number of aryl methyl sites for hydroxylation is 1. The fourth-order valence-corrected chi connectivity index (χ4v) is 2.62. The number of rotatable bonds is 6. The first-order valence-corrected chi connectivity index (χ1v) is 7.63. The molecule has 0 saturated heterocycles. The fourth-order valence-electron chi connectivity index (χ4n) is 1.94. The van der Waals surface area contributed by atoms with Gasteiger partial charge in [0.05, 0.1) is 18.8 Å². The number of amides is 1. The van der Waals surface area contributed by atoms with Crippen LogP contribution < -0.4 is 10.6 Å². The molecular weight excluding hydrogens is 286 g/mol. The number of aliphatic hydroxyl groups excluding tert-OH is 1. The van der Waals surface area contributed by atoms with Crippen molar-refractivity contribution in [2.45, 2.75) is 19.4 Å². The second-order valence-electron chi connectivity index (χ2n) is 4.58. The van der Waals surface area contributed by atoms with Crippen LogP contribution in [0.5, 0.6) is 0 Å². The summed E-state index contributed by atoms with van der Waals surface area (Å²) in [6.45, 7) is 1.94. The summed E-state index contributed by atoms with van der Waals surface area (Å²) in [4.78, 5) is 16.7. The van der Waals surface area contributed by atoms with Gasteiger partial charge in [-0.3, -0.25) is 4.79 Å². The molecule has 1 aromatic heterocycles. The lowest BCUT2D eigenvalue weighted by Gasteiger charge is -2.16. The average Bonchev–Trinajstić information content (AvgIpc) is 3.01. The maximum Gasteiger partial charge on any atom is 0.263 e. The molecule has 21 heavy (non-hydrogen) atoms. The van der Waals surface area contributed by atoms with Gasteiger partial charge in [-0.1, -0.05) is 42.5 Å². The number of nitrogens with one attached hydrogen (secondary N) is 2. The van der Waals surface area contributed by atoms with E-state index in [2.05, 4.69) is 22.5 Å². The third kappa shape index (κ3) is 3.80. The molecule has 1 atom stereocenters. The molecule has 1 heterocycles. The van der Waals surface area contributed by atoms with E-state index in [9.17, 15) is 9.90 Å². The van der Waals surface area contributed by atoms with Crippen molar-refractivity contribution in [1.29, 1.82) is 0 Å². The standard InChI is InChI=1S/C15H19N3O2S/c1-3-10-4-6-11(7-5-10)12(9-19)18-14(20)13-8-17-15(16-2)21-13/h4-8,12,19H,3,9H2,1-2H3,(H,16,17)(H,18,20). The predicted molar refractivity (Wildman–Crippen MR) is 84.8 cm³/mol. The molecule has 0 aliphatic heterocycles. The lowest BCUT2D eigenvalue weighted by molar-refractivity contribution is 0.0920. The normalized spacial score (nSPS) is 12.0. The molecule has 0 bridgehead atoms. The van der Waals surface area contributed by atoms with Crippen molar-refractivity contribution in [3.8, 4) is 0 Å². The van der Waals surface area contributed by atoms with E-state index in [1.165, 1.54) is 23.1 Å². The summed E-state index contributed by atoms with van der Waals surface area (Å²) < 4.78 is 0. The average molecular weight is 305 g/mol. The Balaban J connectivity index is 2.08. The monoisotopic (exact) mass is 305 g/mol. The molecule has 2 rings (SSSR count). The lowest BCUT2D eigenvalue weighted by atomic mass is 10.0. The van der Waals surface area contributed by atoms with Crippen molar-refractivity contribution in [2.24, 2.45) is 0 Å². The molecule has 0 spiro atoms. The maximum atomic E-state index is 12.2. The van der Waals surface area contributed by atoms with Crippen LogP contribution in [-0.2, 0) is 6.42 Å². The molecule has 0 aliphatic rings. The predicted octanol–water partition coefficient (Wildman–Crippen LogP) is 2.21. The van der Waals surface area contributed by atoms with Crippen molar-refractivity contribution in [1.82, 2.24) is 10.3 Å². The molecule has 1 amide bonds. The Morgan fingerprint density at radius 2 is 2.10 bits per heavy atom. The molecule has 5 nitrogen and oxygen atoms in total. The van der Waals surface area contributed by atoms with E-state index in [1.807, 2.05) is 24.3 Å². The van der Waals surface area contributed by atoms with Crippen LogP contribution in [0.2, 0.25) is 0 Å². The zero-order chi connectivity index (χ0) is 15.2. The van der Waals surface area contributed by atoms with E-state index < -0.39 is 6.04 Å². The number of carbonyl (C=O) groups is 1. The minimum atomic E-state index is -0.413. The molecule has 6 heteroatoms. The third-order valence-electron chi connectivity index (χ3n) is 3.22. The fraction of sp³-hybridized carbons (Fsp3) is 0.333. The van der Waals surface area contributed by atoms with Crippen molar-refractivity contribution in [2.75, 3.05) is 19.0 Å². The van der Waals surface area contributed by atoms with Gasteiger partial charge in [0.15, 0.2) is 5.13 Å². The Labute approximate surface area is 128 Å². The minimum absolute atomic E-state index is 0.144. The number of thiazole rings is 1. The summed E-state index contributed by atoms with van der Waals surface area (Å²) in [6, 6.07) is 7.48. The third-order valence-corrected chi connectivity index (χ3v) is 4.24. The van der Waals surface area contributed by atoms with E-state index in [-0.39, 0.29) is 12.5 Å². The SMILES string of the molecule is CCc1ccc(C(CO)NC(=O)c2cnc(NC)s2)cc1. The second kappa shape index (κ2) is 7.19. The summed E-state index contributed by atoms with van der Waals surface area (Å²) in [5.74, 6) is -0.229. The Morgan fingerprint density at radius 3 is 2.62 bits per heavy atom. The van der Waals surface area contributed by atoms with Gasteiger partial charge in [0.1, 0.15) is 4.88 Å². The number of aromatic nitrogens is 1. The molecule has 0 saturated carbocycles. The second-order valence-corrected chi connectivity index (χ2v) is 5.61. The first kappa shape index (κ1) is 15.5. The van der Waals surface area contributed by atoms with Gasteiger partial charge in [-0.05, 0) is 17.5 Å². The summed E-state index contributed by atoms with van der Waals surface area (Å²) in [5.41, 5.74) is 2.12. The van der Waals surface area contributed by atoms with Gasteiger partial charge in [0.2, 0.25) is 0 Å². The van der Waals surface area contributed by atoms with Crippen molar-refractivity contribution >= 4 is 22.4 Å². The number of anilines is 1. The number of benzene rings is 1. The highest BCUT2D eigenvalue weighted by Gasteiger charge is 2.16. The van der Waals surface area contributed by atoms with Crippen molar-refractivity contribution in [3.05, 3.63) is 46.5 Å². The van der Waals surface area contributed by atoms with Crippen LogP contribution in [0.3, 0.4) is 0 Å². The molecule has 1 aromatic carbocycles. The molecule has 0 aliphatic carbocycles.